The molecule has 0 aliphatic rings. The summed E-state index contributed by atoms with van der Waals surface area (Å²) in [4.78, 5) is 0. The molecule has 0 aromatic carbocycles. The first-order valence-electron chi connectivity index (χ1n) is 4.25. The first-order chi connectivity index (χ1) is 5.74. The first-order valence-corrected chi connectivity index (χ1v) is 4.25. The van der Waals surface area contributed by atoms with Crippen molar-refractivity contribution in [2.75, 3.05) is 0 Å². The Hall–Kier alpha value is -1.02. The quantitative estimate of drug-likeness (QED) is 0.727. The Morgan fingerprint density at radius 1 is 1.67 bits per heavy atom. The molecule has 0 saturated carbocycles. The molecule has 0 spiro atoms. The summed E-state index contributed by atoms with van der Waals surface area (Å²) in [6.07, 6.45) is 5.38. The van der Waals surface area contributed by atoms with Gasteiger partial charge in [-0.15, -0.1) is 0 Å². The molecular formula is C10H15NO. The van der Waals surface area contributed by atoms with E-state index in [0.29, 0.717) is 0 Å². The Kier molecular flexibility index (Phi) is 3.11. The first kappa shape index (κ1) is 9.07. The maximum Gasteiger partial charge on any atom is 0.0696 e. The van der Waals surface area contributed by atoms with Crippen molar-refractivity contribution in [3.8, 4) is 0 Å². The lowest BCUT2D eigenvalue weighted by molar-refractivity contribution is 0.245. The standard InChI is InChI=1S/C10H15NO/c1-3-11-8-4-5-10(11)7-6-9(2)12/h4-9,12H,3H2,1-2H3/b7-6+. The molecule has 1 atom stereocenters. The van der Waals surface area contributed by atoms with E-state index in [1.54, 1.807) is 13.0 Å². The minimum absolute atomic E-state index is 0.370. The highest BCUT2D eigenvalue weighted by Crippen LogP contribution is 2.04. The number of aliphatic hydroxyl groups excluding tert-OH is 1. The van der Waals surface area contributed by atoms with Crippen LogP contribution in [0.1, 0.15) is 19.5 Å². The monoisotopic (exact) mass is 165 g/mol. The summed E-state index contributed by atoms with van der Waals surface area (Å²) in [6.45, 7) is 4.81. The number of aromatic nitrogens is 1. The van der Waals surface area contributed by atoms with Gasteiger partial charge in [0.1, 0.15) is 0 Å². The SMILES string of the molecule is CCn1cccc1/C=C/C(C)O. The van der Waals surface area contributed by atoms with Crippen molar-refractivity contribution in [3.05, 3.63) is 30.1 Å². The van der Waals surface area contributed by atoms with Gasteiger partial charge in [0.2, 0.25) is 0 Å². The average Bonchev–Trinajstić information content (AvgIpc) is 2.47. The second-order valence-electron chi connectivity index (χ2n) is 2.82. The van der Waals surface area contributed by atoms with Crippen LogP contribution in [0.5, 0.6) is 0 Å². The number of aryl methyl sites for hydroxylation is 1. The Morgan fingerprint density at radius 2 is 2.42 bits per heavy atom. The molecule has 1 aromatic heterocycles. The molecule has 1 heterocycles. The summed E-state index contributed by atoms with van der Waals surface area (Å²) in [5.74, 6) is 0. The molecule has 0 radical (unpaired) electrons. The van der Waals surface area contributed by atoms with Crippen molar-refractivity contribution in [3.63, 3.8) is 0 Å². The highest BCUT2D eigenvalue weighted by atomic mass is 16.3. The number of rotatable bonds is 3. The van der Waals surface area contributed by atoms with E-state index in [1.165, 1.54) is 0 Å². The van der Waals surface area contributed by atoms with Gasteiger partial charge in [0.15, 0.2) is 0 Å². The lowest BCUT2D eigenvalue weighted by Gasteiger charge is -2.01. The van der Waals surface area contributed by atoms with Crippen LogP contribution in [0.4, 0.5) is 0 Å². The Morgan fingerprint density at radius 3 is 3.00 bits per heavy atom. The lowest BCUT2D eigenvalue weighted by Crippen LogP contribution is -1.96. The number of aliphatic hydroxyl groups is 1. The van der Waals surface area contributed by atoms with Crippen LogP contribution in [0.3, 0.4) is 0 Å². The second-order valence-corrected chi connectivity index (χ2v) is 2.82. The van der Waals surface area contributed by atoms with E-state index >= 15 is 0 Å². The minimum atomic E-state index is -0.370. The van der Waals surface area contributed by atoms with Crippen LogP contribution in [0, 0.1) is 0 Å². The molecule has 2 heteroatoms. The van der Waals surface area contributed by atoms with E-state index in [-0.39, 0.29) is 6.10 Å². The molecule has 1 rings (SSSR count). The smallest absolute Gasteiger partial charge is 0.0696 e. The van der Waals surface area contributed by atoms with E-state index in [1.807, 2.05) is 24.4 Å². The van der Waals surface area contributed by atoms with Crippen LogP contribution in [0.25, 0.3) is 6.08 Å². The van der Waals surface area contributed by atoms with Gasteiger partial charge in [-0.2, -0.15) is 0 Å². The topological polar surface area (TPSA) is 25.2 Å². The fourth-order valence-corrected chi connectivity index (χ4v) is 1.10. The molecule has 12 heavy (non-hydrogen) atoms. The average molecular weight is 165 g/mol. The third kappa shape index (κ3) is 2.24. The summed E-state index contributed by atoms with van der Waals surface area (Å²) in [5, 5.41) is 9.02. The fraction of sp³-hybridized carbons (Fsp3) is 0.400. The number of nitrogens with zero attached hydrogens (tertiary/aromatic N) is 1. The van der Waals surface area contributed by atoms with Gasteiger partial charge in [0, 0.05) is 18.4 Å². The molecule has 0 aliphatic carbocycles. The number of hydrogen-bond donors (Lipinski definition) is 1. The van der Waals surface area contributed by atoms with Crippen molar-refractivity contribution in [1.29, 1.82) is 0 Å². The van der Waals surface area contributed by atoms with Crippen LogP contribution < -0.4 is 0 Å². The zero-order valence-electron chi connectivity index (χ0n) is 7.57. The van der Waals surface area contributed by atoms with E-state index in [2.05, 4.69) is 11.5 Å². The zero-order chi connectivity index (χ0) is 8.97. The highest BCUT2D eigenvalue weighted by molar-refractivity contribution is 5.45. The second kappa shape index (κ2) is 4.12. The van der Waals surface area contributed by atoms with E-state index < -0.39 is 0 Å². The molecule has 1 unspecified atom stereocenters. The molecule has 0 fully saturated rings. The molecule has 2 nitrogen and oxygen atoms in total. The largest absolute Gasteiger partial charge is 0.389 e. The lowest BCUT2D eigenvalue weighted by atomic mass is 10.3. The minimum Gasteiger partial charge on any atom is -0.389 e. The third-order valence-electron chi connectivity index (χ3n) is 1.75. The normalized spacial score (nSPS) is 13.9. The predicted octanol–water partition coefficient (Wildman–Crippen LogP) is 1.90. The molecule has 66 valence electrons. The molecule has 1 N–H and O–H groups in total. The fourth-order valence-electron chi connectivity index (χ4n) is 1.10. The van der Waals surface area contributed by atoms with Gasteiger partial charge in [0.25, 0.3) is 0 Å². The van der Waals surface area contributed by atoms with Crippen molar-refractivity contribution in [2.24, 2.45) is 0 Å². The maximum absolute atomic E-state index is 9.02. The van der Waals surface area contributed by atoms with Gasteiger partial charge >= 0.3 is 0 Å². The van der Waals surface area contributed by atoms with E-state index in [9.17, 15) is 0 Å². The van der Waals surface area contributed by atoms with Gasteiger partial charge in [-0.25, -0.2) is 0 Å². The predicted molar refractivity (Wildman–Crippen MR) is 50.8 cm³/mol. The zero-order valence-corrected chi connectivity index (χ0v) is 7.57. The summed E-state index contributed by atoms with van der Waals surface area (Å²) in [6, 6.07) is 4.04. The molecule has 0 aliphatic heterocycles. The van der Waals surface area contributed by atoms with Gasteiger partial charge < -0.3 is 9.67 Å². The van der Waals surface area contributed by atoms with Crippen LogP contribution in [0.15, 0.2) is 24.4 Å². The van der Waals surface area contributed by atoms with E-state index in [0.717, 1.165) is 12.2 Å². The Bertz CT molecular complexity index is 261. The van der Waals surface area contributed by atoms with Crippen molar-refractivity contribution < 1.29 is 5.11 Å². The van der Waals surface area contributed by atoms with Crippen molar-refractivity contribution in [1.82, 2.24) is 4.57 Å². The van der Waals surface area contributed by atoms with Crippen molar-refractivity contribution in [2.45, 2.75) is 26.5 Å². The van der Waals surface area contributed by atoms with Gasteiger partial charge in [-0.3, -0.25) is 0 Å². The van der Waals surface area contributed by atoms with Gasteiger partial charge in [0.05, 0.1) is 6.10 Å². The van der Waals surface area contributed by atoms with Crippen LogP contribution >= 0.6 is 0 Å². The Labute approximate surface area is 73.1 Å². The molecule has 0 saturated heterocycles. The van der Waals surface area contributed by atoms with Gasteiger partial charge in [-0.1, -0.05) is 6.08 Å². The maximum atomic E-state index is 9.02. The molecule has 1 aromatic rings. The molecule has 0 bridgehead atoms. The summed E-state index contributed by atoms with van der Waals surface area (Å²) in [7, 11) is 0. The molecular weight excluding hydrogens is 150 g/mol. The van der Waals surface area contributed by atoms with Crippen LogP contribution in [-0.2, 0) is 6.54 Å². The van der Waals surface area contributed by atoms with Gasteiger partial charge in [-0.05, 0) is 32.1 Å². The summed E-state index contributed by atoms with van der Waals surface area (Å²) in [5.41, 5.74) is 1.14. The molecule has 0 amide bonds. The Balaban J connectivity index is 2.74. The highest BCUT2D eigenvalue weighted by Gasteiger charge is 1.93. The van der Waals surface area contributed by atoms with E-state index in [4.69, 9.17) is 5.11 Å². The van der Waals surface area contributed by atoms with Crippen LogP contribution in [0.2, 0.25) is 0 Å². The summed E-state index contributed by atoms with van der Waals surface area (Å²) < 4.78 is 2.12. The third-order valence-corrected chi connectivity index (χ3v) is 1.75. The summed E-state index contributed by atoms with van der Waals surface area (Å²) >= 11 is 0. The van der Waals surface area contributed by atoms with Crippen LogP contribution in [-0.4, -0.2) is 15.8 Å². The van der Waals surface area contributed by atoms with Crippen molar-refractivity contribution >= 4 is 6.08 Å². The number of hydrogen-bond acceptors (Lipinski definition) is 1.